The summed E-state index contributed by atoms with van der Waals surface area (Å²) in [6.07, 6.45) is 2.39. The number of anilines is 1. The molecule has 20 heavy (non-hydrogen) atoms. The summed E-state index contributed by atoms with van der Waals surface area (Å²) >= 11 is 3.34. The predicted octanol–water partition coefficient (Wildman–Crippen LogP) is 3.07. The largest absolute Gasteiger partial charge is 0.484 e. The number of amides is 1. The summed E-state index contributed by atoms with van der Waals surface area (Å²) in [4.78, 5) is 11.7. The molecule has 1 aromatic heterocycles. The van der Waals surface area contributed by atoms with Gasteiger partial charge >= 0.3 is 0 Å². The number of rotatable bonds is 5. The van der Waals surface area contributed by atoms with Gasteiger partial charge in [-0.25, -0.2) is 0 Å². The molecule has 104 valence electrons. The Labute approximate surface area is 124 Å². The smallest absolute Gasteiger partial charge is 0.263 e. The summed E-state index contributed by atoms with van der Waals surface area (Å²) in [7, 11) is 0. The highest BCUT2D eigenvalue weighted by molar-refractivity contribution is 9.10. The van der Waals surface area contributed by atoms with Crippen LogP contribution in [0, 0.1) is 0 Å². The lowest BCUT2D eigenvalue weighted by atomic mass is 10.3. The van der Waals surface area contributed by atoms with Gasteiger partial charge in [-0.05, 0) is 37.1 Å². The van der Waals surface area contributed by atoms with E-state index in [1.165, 1.54) is 12.8 Å². The highest BCUT2D eigenvalue weighted by Gasteiger charge is 2.25. The van der Waals surface area contributed by atoms with Crippen LogP contribution in [0.15, 0.2) is 34.8 Å². The van der Waals surface area contributed by atoms with Crippen LogP contribution in [0.25, 0.3) is 0 Å². The van der Waals surface area contributed by atoms with Gasteiger partial charge in [0.15, 0.2) is 12.4 Å². The lowest BCUT2D eigenvalue weighted by Crippen LogP contribution is -2.20. The molecule has 1 aromatic carbocycles. The van der Waals surface area contributed by atoms with Crippen LogP contribution in [0.5, 0.6) is 5.75 Å². The monoisotopic (exact) mass is 335 g/mol. The summed E-state index contributed by atoms with van der Waals surface area (Å²) in [5.74, 6) is 1.58. The first-order chi connectivity index (χ1) is 9.70. The first-order valence-corrected chi connectivity index (χ1v) is 7.23. The molecule has 0 spiro atoms. The molecule has 2 N–H and O–H groups in total. The number of ether oxygens (including phenoxy) is 1. The molecule has 0 atom stereocenters. The molecule has 0 unspecified atom stereocenters. The van der Waals surface area contributed by atoms with Gasteiger partial charge in [0.25, 0.3) is 5.91 Å². The zero-order valence-electron chi connectivity index (χ0n) is 10.7. The van der Waals surface area contributed by atoms with Crippen molar-refractivity contribution in [3.8, 4) is 5.75 Å². The van der Waals surface area contributed by atoms with E-state index in [1.54, 1.807) is 12.1 Å². The number of aromatic nitrogens is 2. The van der Waals surface area contributed by atoms with Gasteiger partial charge in [-0.2, -0.15) is 5.10 Å². The fourth-order valence-corrected chi connectivity index (χ4v) is 2.13. The van der Waals surface area contributed by atoms with Crippen molar-refractivity contribution < 1.29 is 9.53 Å². The van der Waals surface area contributed by atoms with Crippen LogP contribution in [-0.2, 0) is 4.79 Å². The SMILES string of the molecule is O=C(COc1ccc(Br)cc1)Nc1cc(C2CC2)[nH]n1. The summed E-state index contributed by atoms with van der Waals surface area (Å²) in [5.41, 5.74) is 1.09. The van der Waals surface area contributed by atoms with Gasteiger partial charge in [-0.1, -0.05) is 15.9 Å². The Bertz CT molecular complexity index is 605. The molecule has 1 aliphatic carbocycles. The fourth-order valence-electron chi connectivity index (χ4n) is 1.86. The first kappa shape index (κ1) is 13.2. The van der Waals surface area contributed by atoms with Crippen molar-refractivity contribution in [2.24, 2.45) is 0 Å². The van der Waals surface area contributed by atoms with Crippen LogP contribution in [0.4, 0.5) is 5.82 Å². The molecule has 5 nitrogen and oxygen atoms in total. The Balaban J connectivity index is 1.49. The van der Waals surface area contributed by atoms with Crippen molar-refractivity contribution in [1.29, 1.82) is 0 Å². The minimum Gasteiger partial charge on any atom is -0.484 e. The van der Waals surface area contributed by atoms with Gasteiger partial charge in [0, 0.05) is 22.2 Å². The maximum absolute atomic E-state index is 11.7. The average molecular weight is 336 g/mol. The van der Waals surface area contributed by atoms with Crippen LogP contribution < -0.4 is 10.1 Å². The van der Waals surface area contributed by atoms with Crippen molar-refractivity contribution in [2.75, 3.05) is 11.9 Å². The van der Waals surface area contributed by atoms with E-state index in [-0.39, 0.29) is 12.5 Å². The average Bonchev–Trinajstić information content (AvgIpc) is 3.19. The molecule has 1 fully saturated rings. The quantitative estimate of drug-likeness (QED) is 0.882. The van der Waals surface area contributed by atoms with Crippen molar-refractivity contribution in [3.05, 3.63) is 40.5 Å². The van der Waals surface area contributed by atoms with E-state index in [1.807, 2.05) is 18.2 Å². The molecule has 1 saturated carbocycles. The molecule has 0 bridgehead atoms. The molecule has 6 heteroatoms. The molecule has 0 aliphatic heterocycles. The lowest BCUT2D eigenvalue weighted by molar-refractivity contribution is -0.118. The summed E-state index contributed by atoms with van der Waals surface area (Å²) < 4.78 is 6.36. The number of benzene rings is 1. The van der Waals surface area contributed by atoms with Crippen LogP contribution >= 0.6 is 15.9 Å². The second-order valence-electron chi connectivity index (χ2n) is 4.77. The minimum atomic E-state index is -0.221. The second-order valence-corrected chi connectivity index (χ2v) is 5.69. The minimum absolute atomic E-state index is 0.0345. The van der Waals surface area contributed by atoms with E-state index < -0.39 is 0 Å². The van der Waals surface area contributed by atoms with Crippen LogP contribution in [0.2, 0.25) is 0 Å². The topological polar surface area (TPSA) is 67.0 Å². The van der Waals surface area contributed by atoms with Crippen LogP contribution in [0.3, 0.4) is 0 Å². The molecule has 1 amide bonds. The Morgan fingerprint density at radius 1 is 1.40 bits per heavy atom. The van der Waals surface area contributed by atoms with Crippen LogP contribution in [0.1, 0.15) is 24.5 Å². The Morgan fingerprint density at radius 2 is 2.15 bits per heavy atom. The molecule has 0 saturated heterocycles. The number of aromatic amines is 1. The van der Waals surface area contributed by atoms with E-state index in [4.69, 9.17) is 4.74 Å². The van der Waals surface area contributed by atoms with Gasteiger partial charge in [-0.15, -0.1) is 0 Å². The van der Waals surface area contributed by atoms with E-state index in [2.05, 4.69) is 31.4 Å². The van der Waals surface area contributed by atoms with Gasteiger partial charge < -0.3 is 10.1 Å². The standard InChI is InChI=1S/C14H14BrN3O2/c15-10-3-5-11(6-4-10)20-8-14(19)16-13-7-12(17-18-13)9-1-2-9/h3-7,9H,1-2,8H2,(H2,16,17,18,19). The number of H-pyrrole nitrogens is 1. The van der Waals surface area contributed by atoms with Gasteiger partial charge in [0.1, 0.15) is 5.75 Å². The number of nitrogens with one attached hydrogen (secondary N) is 2. The maximum Gasteiger partial charge on any atom is 0.263 e. The number of hydrogen-bond donors (Lipinski definition) is 2. The van der Waals surface area contributed by atoms with E-state index >= 15 is 0 Å². The zero-order valence-corrected chi connectivity index (χ0v) is 12.3. The first-order valence-electron chi connectivity index (χ1n) is 6.44. The summed E-state index contributed by atoms with van der Waals surface area (Å²) in [6.45, 7) is -0.0345. The van der Waals surface area contributed by atoms with Gasteiger partial charge in [-0.3, -0.25) is 9.89 Å². The van der Waals surface area contributed by atoms with Crippen molar-refractivity contribution in [1.82, 2.24) is 10.2 Å². The summed E-state index contributed by atoms with van der Waals surface area (Å²) in [6, 6.07) is 9.22. The van der Waals surface area contributed by atoms with E-state index in [0.29, 0.717) is 17.5 Å². The molecule has 0 radical (unpaired) electrons. The number of nitrogens with zero attached hydrogens (tertiary/aromatic N) is 1. The third kappa shape index (κ3) is 3.39. The molecule has 1 aliphatic rings. The third-order valence-corrected chi connectivity index (χ3v) is 3.59. The second kappa shape index (κ2) is 5.66. The molecule has 1 heterocycles. The highest BCUT2D eigenvalue weighted by Crippen LogP contribution is 2.39. The summed E-state index contributed by atoms with van der Waals surface area (Å²) in [5, 5.41) is 9.72. The lowest BCUT2D eigenvalue weighted by Gasteiger charge is -2.05. The van der Waals surface area contributed by atoms with Crippen molar-refractivity contribution in [2.45, 2.75) is 18.8 Å². The third-order valence-electron chi connectivity index (χ3n) is 3.07. The molecular weight excluding hydrogens is 322 g/mol. The van der Waals surface area contributed by atoms with E-state index in [0.717, 1.165) is 10.2 Å². The highest BCUT2D eigenvalue weighted by atomic mass is 79.9. The van der Waals surface area contributed by atoms with Gasteiger partial charge in [0.05, 0.1) is 0 Å². The van der Waals surface area contributed by atoms with Crippen molar-refractivity contribution >= 4 is 27.7 Å². The number of carbonyl (C=O) groups excluding carboxylic acids is 1. The molecule has 3 rings (SSSR count). The fraction of sp³-hybridized carbons (Fsp3) is 0.286. The number of carbonyl (C=O) groups is 1. The van der Waals surface area contributed by atoms with Gasteiger partial charge in [0.2, 0.25) is 0 Å². The molecule has 2 aromatic rings. The van der Waals surface area contributed by atoms with Crippen LogP contribution in [-0.4, -0.2) is 22.7 Å². The van der Waals surface area contributed by atoms with Crippen molar-refractivity contribution in [3.63, 3.8) is 0 Å². The zero-order chi connectivity index (χ0) is 13.9. The Hall–Kier alpha value is -1.82. The Kier molecular flexibility index (Phi) is 3.73. The Morgan fingerprint density at radius 3 is 2.85 bits per heavy atom. The number of halogens is 1. The maximum atomic E-state index is 11.7. The normalized spacial score (nSPS) is 14.1. The molecular formula is C14H14BrN3O2. The van der Waals surface area contributed by atoms with E-state index in [9.17, 15) is 4.79 Å². The number of hydrogen-bond acceptors (Lipinski definition) is 3. The predicted molar refractivity (Wildman–Crippen MR) is 78.8 cm³/mol.